The Balaban J connectivity index is 1.60. The fourth-order valence-electron chi connectivity index (χ4n) is 2.50. The molecule has 0 saturated carbocycles. The van der Waals surface area contributed by atoms with Crippen LogP contribution in [0, 0.1) is 0 Å². The van der Waals surface area contributed by atoms with Gasteiger partial charge in [-0.05, 0) is 35.7 Å². The molecule has 0 bridgehead atoms. The molecular weight excluding hydrogens is 404 g/mol. The molecule has 0 aliphatic rings. The predicted octanol–water partition coefficient (Wildman–Crippen LogP) is 1.92. The Morgan fingerprint density at radius 2 is 1.75 bits per heavy atom. The highest BCUT2D eigenvalue weighted by Crippen LogP contribution is 2.31. The van der Waals surface area contributed by atoms with Crippen LogP contribution in [0.1, 0.15) is 16.8 Å². The summed E-state index contributed by atoms with van der Waals surface area (Å²) in [5, 5.41) is 5.35. The average Bonchev–Trinajstić information content (AvgIpc) is 3.43. The van der Waals surface area contributed by atoms with Gasteiger partial charge in [-0.1, -0.05) is 6.07 Å². The van der Waals surface area contributed by atoms with Gasteiger partial charge in [0.05, 0.1) is 12.5 Å². The lowest BCUT2D eigenvalue weighted by molar-refractivity contribution is -0.139. The molecule has 0 aromatic carbocycles. The Labute approximate surface area is 165 Å². The van der Waals surface area contributed by atoms with E-state index in [0.29, 0.717) is 12.2 Å². The number of thiophene rings is 1. The van der Waals surface area contributed by atoms with Crippen LogP contribution in [0.5, 0.6) is 0 Å². The van der Waals surface area contributed by atoms with E-state index < -0.39 is 26.9 Å². The molecule has 0 saturated heterocycles. The van der Waals surface area contributed by atoms with E-state index in [0.717, 1.165) is 11.3 Å². The van der Waals surface area contributed by atoms with Gasteiger partial charge >= 0.3 is 11.8 Å². The molecular formula is C18H18N2O6S2. The zero-order valence-electron chi connectivity index (χ0n) is 14.7. The summed E-state index contributed by atoms with van der Waals surface area (Å²) in [5.74, 6) is -0.900. The molecule has 148 valence electrons. The van der Waals surface area contributed by atoms with Gasteiger partial charge in [0.15, 0.2) is 9.84 Å². The third-order valence-corrected chi connectivity index (χ3v) is 7.39. The van der Waals surface area contributed by atoms with Crippen molar-refractivity contribution in [2.45, 2.75) is 15.9 Å². The van der Waals surface area contributed by atoms with E-state index in [1.54, 1.807) is 29.6 Å². The van der Waals surface area contributed by atoms with Gasteiger partial charge in [0.1, 0.15) is 21.0 Å². The monoisotopic (exact) mass is 422 g/mol. The van der Waals surface area contributed by atoms with Gasteiger partial charge in [0.25, 0.3) is 0 Å². The molecule has 2 amide bonds. The highest BCUT2D eigenvalue weighted by molar-refractivity contribution is 7.93. The predicted molar refractivity (Wildman–Crippen MR) is 101 cm³/mol. The second-order valence-corrected chi connectivity index (χ2v) is 9.08. The molecule has 3 heterocycles. The summed E-state index contributed by atoms with van der Waals surface area (Å²) in [5.41, 5.74) is 0. The topological polar surface area (TPSA) is 119 Å². The molecule has 0 aliphatic heterocycles. The van der Waals surface area contributed by atoms with Gasteiger partial charge in [0, 0.05) is 19.5 Å². The molecule has 3 aromatic heterocycles. The second kappa shape index (κ2) is 8.89. The van der Waals surface area contributed by atoms with E-state index in [-0.39, 0.29) is 23.1 Å². The van der Waals surface area contributed by atoms with Gasteiger partial charge in [-0.3, -0.25) is 9.59 Å². The van der Waals surface area contributed by atoms with Crippen molar-refractivity contribution in [1.29, 1.82) is 0 Å². The molecule has 3 rings (SSSR count). The number of hydrogen-bond donors (Lipinski definition) is 2. The molecule has 28 heavy (non-hydrogen) atoms. The van der Waals surface area contributed by atoms with Crippen molar-refractivity contribution < 1.29 is 26.8 Å². The van der Waals surface area contributed by atoms with Crippen LogP contribution in [0.25, 0.3) is 0 Å². The number of nitrogens with one attached hydrogen (secondary N) is 2. The summed E-state index contributed by atoms with van der Waals surface area (Å²) in [4.78, 5) is 24.0. The Hall–Kier alpha value is -2.85. The summed E-state index contributed by atoms with van der Waals surface area (Å²) in [7, 11) is -3.78. The van der Waals surface area contributed by atoms with Crippen molar-refractivity contribution in [1.82, 2.24) is 10.6 Å². The zero-order chi connectivity index (χ0) is 20.0. The Morgan fingerprint density at radius 3 is 2.39 bits per heavy atom. The number of furan rings is 2. The fourth-order valence-corrected chi connectivity index (χ4v) is 5.29. The number of sulfone groups is 1. The van der Waals surface area contributed by atoms with E-state index in [1.807, 2.05) is 0 Å². The third-order valence-electron chi connectivity index (χ3n) is 3.90. The summed E-state index contributed by atoms with van der Waals surface area (Å²) < 4.78 is 36.3. The van der Waals surface area contributed by atoms with Gasteiger partial charge < -0.3 is 19.5 Å². The molecule has 8 nitrogen and oxygen atoms in total. The lowest BCUT2D eigenvalue weighted by Crippen LogP contribution is -2.42. The van der Waals surface area contributed by atoms with Gasteiger partial charge in [-0.25, -0.2) is 8.42 Å². The van der Waals surface area contributed by atoms with Crippen LogP contribution in [0.4, 0.5) is 0 Å². The summed E-state index contributed by atoms with van der Waals surface area (Å²) >= 11 is 1.08. The maximum atomic E-state index is 12.9. The van der Waals surface area contributed by atoms with E-state index in [4.69, 9.17) is 8.83 Å². The first-order valence-corrected chi connectivity index (χ1v) is 10.8. The van der Waals surface area contributed by atoms with E-state index in [9.17, 15) is 18.0 Å². The first kappa shape index (κ1) is 19.9. The van der Waals surface area contributed by atoms with Crippen molar-refractivity contribution in [3.63, 3.8) is 0 Å². The summed E-state index contributed by atoms with van der Waals surface area (Å²) in [6.45, 7) is -0.0763. The molecule has 2 N–H and O–H groups in total. The standard InChI is InChI=1S/C18H18N2O6S2/c21-17(19-8-7-13-4-1-9-25-13)18(22)20-12-15(14-5-2-10-26-14)28(23,24)16-6-3-11-27-16/h1-6,9-11,15H,7-8,12H2,(H,19,21)(H,20,22)/t15-/m0/s1. The highest BCUT2D eigenvalue weighted by Gasteiger charge is 2.33. The average molecular weight is 422 g/mol. The Morgan fingerprint density at radius 1 is 1.00 bits per heavy atom. The smallest absolute Gasteiger partial charge is 0.309 e. The van der Waals surface area contributed by atoms with Gasteiger partial charge in [-0.2, -0.15) is 0 Å². The molecule has 0 spiro atoms. The van der Waals surface area contributed by atoms with Crippen molar-refractivity contribution in [3.8, 4) is 0 Å². The van der Waals surface area contributed by atoms with Gasteiger partial charge in [-0.15, -0.1) is 11.3 Å². The Bertz CT molecular complexity index is 993. The minimum atomic E-state index is -3.78. The summed E-state index contributed by atoms with van der Waals surface area (Å²) in [6.07, 6.45) is 3.32. The SMILES string of the molecule is O=C(NCCc1ccco1)C(=O)NC[C@@H](c1ccco1)S(=O)(=O)c1cccs1. The van der Waals surface area contributed by atoms with Crippen LogP contribution in [-0.4, -0.2) is 33.3 Å². The van der Waals surface area contributed by atoms with Gasteiger partial charge in [0.2, 0.25) is 0 Å². The van der Waals surface area contributed by atoms with Crippen LogP contribution < -0.4 is 10.6 Å². The highest BCUT2D eigenvalue weighted by atomic mass is 32.2. The minimum absolute atomic E-state index is 0.158. The minimum Gasteiger partial charge on any atom is -0.469 e. The van der Waals surface area contributed by atoms with Crippen molar-refractivity contribution in [2.24, 2.45) is 0 Å². The first-order chi connectivity index (χ1) is 13.5. The van der Waals surface area contributed by atoms with Crippen molar-refractivity contribution >= 4 is 33.0 Å². The first-order valence-electron chi connectivity index (χ1n) is 8.37. The van der Waals surface area contributed by atoms with Crippen LogP contribution in [0.2, 0.25) is 0 Å². The maximum absolute atomic E-state index is 12.9. The second-order valence-electron chi connectivity index (χ2n) is 5.78. The lowest BCUT2D eigenvalue weighted by Gasteiger charge is -2.15. The molecule has 0 aliphatic carbocycles. The number of carbonyl (C=O) groups is 2. The quantitative estimate of drug-likeness (QED) is 0.536. The van der Waals surface area contributed by atoms with Crippen LogP contribution in [0.15, 0.2) is 67.3 Å². The Kier molecular flexibility index (Phi) is 6.32. The normalized spacial score (nSPS) is 12.4. The number of carbonyl (C=O) groups excluding carboxylic acids is 2. The molecule has 0 unspecified atom stereocenters. The van der Waals surface area contributed by atoms with E-state index in [2.05, 4.69) is 10.6 Å². The molecule has 3 aromatic rings. The zero-order valence-corrected chi connectivity index (χ0v) is 16.3. The third kappa shape index (κ3) is 4.70. The molecule has 0 radical (unpaired) electrons. The van der Waals surface area contributed by atoms with Crippen LogP contribution >= 0.6 is 11.3 Å². The van der Waals surface area contributed by atoms with E-state index in [1.165, 1.54) is 24.7 Å². The van der Waals surface area contributed by atoms with E-state index >= 15 is 0 Å². The molecule has 10 heteroatoms. The lowest BCUT2D eigenvalue weighted by atomic mass is 10.3. The molecule has 1 atom stereocenters. The van der Waals surface area contributed by atoms with Crippen LogP contribution in [-0.2, 0) is 25.8 Å². The fraction of sp³-hybridized carbons (Fsp3) is 0.222. The number of amides is 2. The van der Waals surface area contributed by atoms with Crippen molar-refractivity contribution in [2.75, 3.05) is 13.1 Å². The van der Waals surface area contributed by atoms with Crippen molar-refractivity contribution in [3.05, 3.63) is 65.8 Å². The summed E-state index contributed by atoms with van der Waals surface area (Å²) in [6, 6.07) is 9.68. The maximum Gasteiger partial charge on any atom is 0.309 e. The van der Waals surface area contributed by atoms with Crippen LogP contribution in [0.3, 0.4) is 0 Å². The number of hydrogen-bond acceptors (Lipinski definition) is 7. The largest absolute Gasteiger partial charge is 0.469 e. The number of rotatable bonds is 8. The molecule has 0 fully saturated rings.